The van der Waals surface area contributed by atoms with Gasteiger partial charge in [-0.15, -0.1) is 0 Å². The van der Waals surface area contributed by atoms with Crippen molar-refractivity contribution in [1.82, 2.24) is 10.3 Å². The summed E-state index contributed by atoms with van der Waals surface area (Å²) in [6.07, 6.45) is 3.61. The van der Waals surface area contributed by atoms with Gasteiger partial charge in [0.2, 0.25) is 0 Å². The Morgan fingerprint density at radius 3 is 2.94 bits per heavy atom. The molecule has 18 heavy (non-hydrogen) atoms. The zero-order chi connectivity index (χ0) is 13.4. The van der Waals surface area contributed by atoms with Gasteiger partial charge in [-0.3, -0.25) is 4.79 Å². The minimum atomic E-state index is -0.402. The van der Waals surface area contributed by atoms with E-state index in [-0.39, 0.29) is 5.57 Å². The molecule has 0 aromatic carbocycles. The van der Waals surface area contributed by atoms with Gasteiger partial charge in [0, 0.05) is 18.9 Å². The molecule has 0 atom stereocenters. The van der Waals surface area contributed by atoms with Crippen LogP contribution < -0.4 is 10.6 Å². The number of hydrogen-bond donors (Lipinski definition) is 2. The number of nitrogens with zero attached hydrogens (tertiary/aromatic N) is 2. The Kier molecular flexibility index (Phi) is 5.68. The average Bonchev–Trinajstić information content (AvgIpc) is 2.39. The van der Waals surface area contributed by atoms with Crippen LogP contribution in [0, 0.1) is 11.3 Å². The lowest BCUT2D eigenvalue weighted by atomic mass is 10.3. The summed E-state index contributed by atoms with van der Waals surface area (Å²) in [6.45, 7) is 2.48. The maximum absolute atomic E-state index is 11.5. The fourth-order valence-corrected chi connectivity index (χ4v) is 1.20. The molecule has 0 aliphatic heterocycles. The topological polar surface area (TPSA) is 77.8 Å². The van der Waals surface area contributed by atoms with Gasteiger partial charge < -0.3 is 10.6 Å². The number of halogens is 1. The first-order valence-electron chi connectivity index (χ1n) is 5.44. The molecule has 5 nitrogen and oxygen atoms in total. The van der Waals surface area contributed by atoms with E-state index in [9.17, 15) is 4.79 Å². The Morgan fingerprint density at radius 1 is 1.61 bits per heavy atom. The van der Waals surface area contributed by atoms with E-state index in [4.69, 9.17) is 16.9 Å². The molecule has 1 heterocycles. The molecule has 2 N–H and O–H groups in total. The summed E-state index contributed by atoms with van der Waals surface area (Å²) in [5.41, 5.74) is 0.000185. The summed E-state index contributed by atoms with van der Waals surface area (Å²) in [5, 5.41) is 14.8. The fourth-order valence-electron chi connectivity index (χ4n) is 1.09. The van der Waals surface area contributed by atoms with Gasteiger partial charge in [0.1, 0.15) is 17.5 Å². The molecule has 1 rings (SSSR count). The van der Waals surface area contributed by atoms with Crippen molar-refractivity contribution in [2.24, 2.45) is 0 Å². The first-order valence-corrected chi connectivity index (χ1v) is 5.81. The predicted molar refractivity (Wildman–Crippen MR) is 69.9 cm³/mol. The van der Waals surface area contributed by atoms with E-state index >= 15 is 0 Å². The van der Waals surface area contributed by atoms with Gasteiger partial charge in [-0.1, -0.05) is 18.5 Å². The van der Waals surface area contributed by atoms with Crippen molar-refractivity contribution in [1.29, 1.82) is 5.26 Å². The van der Waals surface area contributed by atoms with Crippen molar-refractivity contribution >= 4 is 23.3 Å². The molecule has 1 aromatic heterocycles. The number of hydrogen-bond acceptors (Lipinski definition) is 4. The van der Waals surface area contributed by atoms with Crippen LogP contribution in [0.4, 0.5) is 5.82 Å². The number of carbonyl (C=O) groups is 1. The molecule has 0 unspecified atom stereocenters. The van der Waals surface area contributed by atoms with Crippen LogP contribution in [0.5, 0.6) is 0 Å². The molecule has 94 valence electrons. The molecule has 0 bridgehead atoms. The number of anilines is 1. The second kappa shape index (κ2) is 7.30. The third-order valence-corrected chi connectivity index (χ3v) is 2.22. The first-order chi connectivity index (χ1) is 8.67. The lowest BCUT2D eigenvalue weighted by Gasteiger charge is -2.03. The maximum atomic E-state index is 11.5. The number of aromatic nitrogens is 1. The van der Waals surface area contributed by atoms with E-state index in [0.717, 1.165) is 6.42 Å². The van der Waals surface area contributed by atoms with Gasteiger partial charge in [0.05, 0.1) is 5.02 Å². The molecule has 0 radical (unpaired) electrons. The molecule has 1 aromatic rings. The lowest BCUT2D eigenvalue weighted by molar-refractivity contribution is -0.117. The quantitative estimate of drug-likeness (QED) is 0.630. The van der Waals surface area contributed by atoms with Gasteiger partial charge in [0.25, 0.3) is 5.91 Å². The van der Waals surface area contributed by atoms with Crippen molar-refractivity contribution < 1.29 is 4.79 Å². The largest absolute Gasteiger partial charge is 0.351 e. The summed E-state index contributed by atoms with van der Waals surface area (Å²) in [6, 6.07) is 5.14. The van der Waals surface area contributed by atoms with Crippen LogP contribution in [0.2, 0.25) is 5.02 Å². The summed E-state index contributed by atoms with van der Waals surface area (Å²) >= 11 is 5.69. The van der Waals surface area contributed by atoms with Crippen molar-refractivity contribution in [2.75, 3.05) is 11.9 Å². The Hall–Kier alpha value is -2.06. The molecule has 6 heteroatoms. The number of rotatable bonds is 5. The highest BCUT2D eigenvalue weighted by Crippen LogP contribution is 2.09. The summed E-state index contributed by atoms with van der Waals surface area (Å²) < 4.78 is 0. The van der Waals surface area contributed by atoms with Crippen LogP contribution >= 0.6 is 11.6 Å². The van der Waals surface area contributed by atoms with E-state index < -0.39 is 5.91 Å². The Labute approximate surface area is 110 Å². The smallest absolute Gasteiger partial charge is 0.263 e. The fraction of sp³-hybridized carbons (Fsp3) is 0.250. The third-order valence-electron chi connectivity index (χ3n) is 1.99. The lowest BCUT2D eigenvalue weighted by Crippen LogP contribution is -2.25. The van der Waals surface area contributed by atoms with Gasteiger partial charge >= 0.3 is 0 Å². The normalized spacial score (nSPS) is 10.6. The monoisotopic (exact) mass is 264 g/mol. The zero-order valence-corrected chi connectivity index (χ0v) is 10.7. The van der Waals surface area contributed by atoms with Crippen molar-refractivity contribution in [3.63, 3.8) is 0 Å². The second-order valence-corrected chi connectivity index (χ2v) is 3.87. The highest BCUT2D eigenvalue weighted by Gasteiger charge is 2.07. The van der Waals surface area contributed by atoms with Crippen LogP contribution in [0.15, 0.2) is 30.1 Å². The Morgan fingerprint density at radius 2 is 2.39 bits per heavy atom. The summed E-state index contributed by atoms with van der Waals surface area (Å²) in [4.78, 5) is 15.5. The van der Waals surface area contributed by atoms with Crippen LogP contribution in [-0.4, -0.2) is 17.4 Å². The Bertz CT molecular complexity index is 476. The molecule has 0 aliphatic carbocycles. The zero-order valence-electron chi connectivity index (χ0n) is 9.90. The summed E-state index contributed by atoms with van der Waals surface area (Å²) in [7, 11) is 0. The number of nitrogens with one attached hydrogen (secondary N) is 2. The molecule has 0 spiro atoms. The highest BCUT2D eigenvalue weighted by atomic mass is 35.5. The standard InChI is InChI=1S/C12H13ClN4O/c1-2-5-15-12(18)9(6-14)7-16-11-4-3-10(13)8-17-11/h3-4,7-8H,2,5H2,1H3,(H,15,18)(H,16,17)/b9-7-. The van der Waals surface area contributed by atoms with Gasteiger partial charge in [-0.2, -0.15) is 5.26 Å². The number of amides is 1. The molecule has 1 amide bonds. The van der Waals surface area contributed by atoms with Crippen LogP contribution in [0.3, 0.4) is 0 Å². The second-order valence-electron chi connectivity index (χ2n) is 3.43. The van der Waals surface area contributed by atoms with E-state index in [1.165, 1.54) is 12.4 Å². The van der Waals surface area contributed by atoms with E-state index in [1.54, 1.807) is 12.1 Å². The Balaban J connectivity index is 2.66. The van der Waals surface area contributed by atoms with E-state index in [2.05, 4.69) is 15.6 Å². The van der Waals surface area contributed by atoms with Crippen molar-refractivity contribution in [3.05, 3.63) is 35.1 Å². The number of pyridine rings is 1. The molecule has 0 fully saturated rings. The SMILES string of the molecule is CCCNC(=O)/C(C#N)=C\Nc1ccc(Cl)cn1. The number of nitriles is 1. The number of carbonyl (C=O) groups excluding carboxylic acids is 1. The van der Waals surface area contributed by atoms with Gasteiger partial charge in [0.15, 0.2) is 0 Å². The molecular formula is C12H13ClN4O. The van der Waals surface area contributed by atoms with E-state index in [0.29, 0.717) is 17.4 Å². The van der Waals surface area contributed by atoms with Crippen LogP contribution in [0.1, 0.15) is 13.3 Å². The van der Waals surface area contributed by atoms with Crippen molar-refractivity contribution in [2.45, 2.75) is 13.3 Å². The minimum absolute atomic E-state index is 0.000185. The summed E-state index contributed by atoms with van der Waals surface area (Å²) in [5.74, 6) is 0.108. The van der Waals surface area contributed by atoms with Crippen LogP contribution in [-0.2, 0) is 4.79 Å². The third kappa shape index (κ3) is 4.44. The molecule has 0 aliphatic rings. The van der Waals surface area contributed by atoms with E-state index in [1.807, 2.05) is 13.0 Å². The highest BCUT2D eigenvalue weighted by molar-refractivity contribution is 6.30. The molecule has 0 saturated heterocycles. The first kappa shape index (κ1) is 14.0. The van der Waals surface area contributed by atoms with Crippen LogP contribution in [0.25, 0.3) is 0 Å². The van der Waals surface area contributed by atoms with Crippen molar-refractivity contribution in [3.8, 4) is 6.07 Å². The predicted octanol–water partition coefficient (Wildman–Crippen LogP) is 2.08. The van der Waals surface area contributed by atoms with Gasteiger partial charge in [-0.25, -0.2) is 4.98 Å². The molecule has 0 saturated carbocycles. The van der Waals surface area contributed by atoms with Gasteiger partial charge in [-0.05, 0) is 18.6 Å². The minimum Gasteiger partial charge on any atom is -0.351 e. The maximum Gasteiger partial charge on any atom is 0.263 e. The molecular weight excluding hydrogens is 252 g/mol. The average molecular weight is 265 g/mol.